The maximum atomic E-state index is 9.51. The Balaban J connectivity index is 0.000000322. The van der Waals surface area contributed by atoms with E-state index in [4.69, 9.17) is 9.11 Å². The van der Waals surface area contributed by atoms with Gasteiger partial charge in [0.25, 0.3) is 0 Å². The molecule has 0 bridgehead atoms. The number of imidazole rings is 1. The van der Waals surface area contributed by atoms with Crippen LogP contribution in [-0.2, 0) is 29.5 Å². The maximum absolute atomic E-state index is 9.51. The van der Waals surface area contributed by atoms with Crippen LogP contribution >= 0.6 is 0 Å². The van der Waals surface area contributed by atoms with Gasteiger partial charge in [-0.3, -0.25) is 9.11 Å². The van der Waals surface area contributed by atoms with E-state index in [1.54, 1.807) is 18.7 Å². The molecule has 3 N–H and O–H groups in total. The van der Waals surface area contributed by atoms with E-state index in [1.165, 1.54) is 0 Å². The van der Waals surface area contributed by atoms with E-state index in [2.05, 4.69) is 18.6 Å². The van der Waals surface area contributed by atoms with Crippen molar-refractivity contribution in [3.05, 3.63) is 18.7 Å². The molecule has 0 atom stereocenters. The molecule has 1 heterocycles. The van der Waals surface area contributed by atoms with E-state index in [9.17, 15) is 16.8 Å². The third kappa shape index (κ3) is 12.9. The maximum Gasteiger partial charge on any atom is 0.425 e. The summed E-state index contributed by atoms with van der Waals surface area (Å²) in [6.45, 7) is 0. The highest BCUT2D eigenvalue weighted by molar-refractivity contribution is 7.83. The van der Waals surface area contributed by atoms with Crippen molar-refractivity contribution >= 4 is 20.8 Å². The number of aromatic amines is 1. The van der Waals surface area contributed by atoms with Crippen LogP contribution in [0.25, 0.3) is 0 Å². The number of nitrogens with one attached hydrogen (secondary N) is 1. The molecule has 0 amide bonds. The van der Waals surface area contributed by atoms with Crippen LogP contribution in [0.2, 0.25) is 0 Å². The first-order valence-corrected chi connectivity index (χ1v) is 5.69. The van der Waals surface area contributed by atoms with Gasteiger partial charge in [-0.1, -0.05) is 8.67 Å². The molecule has 88 valence electrons. The van der Waals surface area contributed by atoms with Gasteiger partial charge in [0, 0.05) is 12.4 Å². The van der Waals surface area contributed by atoms with E-state index in [0.29, 0.717) is 0 Å². The van der Waals surface area contributed by atoms with Crippen LogP contribution in [0.3, 0.4) is 0 Å². The Labute approximate surface area is 84.7 Å². The van der Waals surface area contributed by atoms with Crippen molar-refractivity contribution in [3.63, 3.8) is 0 Å². The molecule has 0 aliphatic carbocycles. The SMILES string of the molecule is O=S(=O)(O)OOS(=O)(=O)O.c1c[nH]cn1. The lowest BCUT2D eigenvalue weighted by Crippen LogP contribution is -2.10. The van der Waals surface area contributed by atoms with Crippen molar-refractivity contribution < 1.29 is 34.6 Å². The number of H-pyrrole nitrogens is 1. The molecule has 0 spiro atoms. The van der Waals surface area contributed by atoms with Crippen LogP contribution in [0.1, 0.15) is 0 Å². The third-order valence-electron chi connectivity index (χ3n) is 0.606. The fraction of sp³-hybridized carbons (Fsp3) is 0. The normalized spacial score (nSPS) is 11.6. The van der Waals surface area contributed by atoms with Crippen molar-refractivity contribution in [1.29, 1.82) is 0 Å². The van der Waals surface area contributed by atoms with E-state index >= 15 is 0 Å². The lowest BCUT2D eigenvalue weighted by Gasteiger charge is -1.92. The first-order valence-electron chi connectivity index (χ1n) is 2.96. The summed E-state index contributed by atoms with van der Waals surface area (Å²) >= 11 is 0. The quantitative estimate of drug-likeness (QED) is 0.351. The number of aromatic nitrogens is 2. The van der Waals surface area contributed by atoms with Gasteiger partial charge in [-0.2, -0.15) is 16.8 Å². The Bertz CT molecular complexity index is 397. The van der Waals surface area contributed by atoms with E-state index in [-0.39, 0.29) is 0 Å². The number of hydrogen-bond acceptors (Lipinski definition) is 7. The topological polar surface area (TPSA) is 156 Å². The van der Waals surface area contributed by atoms with Crippen LogP contribution in [0.4, 0.5) is 0 Å². The van der Waals surface area contributed by atoms with Crippen LogP contribution in [0, 0.1) is 0 Å². The summed E-state index contributed by atoms with van der Waals surface area (Å²) in [5.74, 6) is 0. The van der Waals surface area contributed by atoms with Crippen molar-refractivity contribution in [2.45, 2.75) is 0 Å². The first-order chi connectivity index (χ1) is 6.71. The predicted octanol–water partition coefficient (Wildman–Crippen LogP) is -1.05. The molecule has 0 saturated heterocycles. The van der Waals surface area contributed by atoms with Gasteiger partial charge in [-0.15, -0.1) is 0 Å². The lowest BCUT2D eigenvalue weighted by molar-refractivity contribution is -0.105. The second-order valence-electron chi connectivity index (χ2n) is 1.75. The van der Waals surface area contributed by atoms with Crippen LogP contribution in [0.5, 0.6) is 0 Å². The van der Waals surface area contributed by atoms with Gasteiger partial charge in [-0.05, 0) is 0 Å². The van der Waals surface area contributed by atoms with Crippen LogP contribution < -0.4 is 0 Å². The minimum absolute atomic E-state index is 1.62. The van der Waals surface area contributed by atoms with Crippen molar-refractivity contribution in [2.24, 2.45) is 0 Å². The minimum atomic E-state index is -5.02. The summed E-state index contributed by atoms with van der Waals surface area (Å²) < 4.78 is 58.9. The number of hydrogen-bond donors (Lipinski definition) is 3. The summed E-state index contributed by atoms with van der Waals surface area (Å²) in [5.41, 5.74) is 0. The fourth-order valence-corrected chi connectivity index (χ4v) is 0.847. The molecule has 15 heavy (non-hydrogen) atoms. The summed E-state index contributed by atoms with van der Waals surface area (Å²) in [5, 5.41) is 0. The largest absolute Gasteiger partial charge is 0.425 e. The molecule has 0 fully saturated rings. The van der Waals surface area contributed by atoms with E-state index in [0.717, 1.165) is 0 Å². The molecule has 10 nitrogen and oxygen atoms in total. The summed E-state index contributed by atoms with van der Waals surface area (Å²) in [7, 11) is -10.0. The summed E-state index contributed by atoms with van der Waals surface area (Å²) in [6.07, 6.45) is 5.08. The lowest BCUT2D eigenvalue weighted by atomic mass is 11.0. The van der Waals surface area contributed by atoms with Gasteiger partial charge in [0.2, 0.25) is 0 Å². The predicted molar refractivity (Wildman–Crippen MR) is 43.9 cm³/mol. The monoisotopic (exact) mass is 262 g/mol. The second kappa shape index (κ2) is 5.74. The van der Waals surface area contributed by atoms with Crippen molar-refractivity contribution in [1.82, 2.24) is 9.97 Å². The average Bonchev–Trinajstić information content (AvgIpc) is 2.54. The molecule has 0 aliphatic heterocycles. The van der Waals surface area contributed by atoms with Gasteiger partial charge in [0.1, 0.15) is 0 Å². The number of nitrogens with zero attached hydrogens (tertiary/aromatic N) is 1. The van der Waals surface area contributed by atoms with Crippen LogP contribution in [-0.4, -0.2) is 35.9 Å². The molecule has 0 saturated carbocycles. The summed E-state index contributed by atoms with van der Waals surface area (Å²) in [6, 6.07) is 0. The zero-order chi connectivity index (χ0) is 11.9. The molecule has 1 rings (SSSR count). The molecule has 1 aromatic rings. The highest BCUT2D eigenvalue weighted by atomic mass is 32.3. The molecule has 1 aromatic heterocycles. The third-order valence-corrected chi connectivity index (χ3v) is 1.17. The smallest absolute Gasteiger partial charge is 0.351 e. The average molecular weight is 262 g/mol. The Morgan fingerprint density at radius 3 is 1.67 bits per heavy atom. The van der Waals surface area contributed by atoms with Crippen LogP contribution in [0.15, 0.2) is 18.7 Å². The Kier molecular flexibility index (Phi) is 5.34. The Morgan fingerprint density at radius 2 is 1.53 bits per heavy atom. The Hall–Kier alpha value is -1.05. The minimum Gasteiger partial charge on any atom is -0.351 e. The highest BCUT2D eigenvalue weighted by Crippen LogP contribution is 1.92. The van der Waals surface area contributed by atoms with Crippen molar-refractivity contribution in [3.8, 4) is 0 Å². The molecule has 0 aliphatic rings. The molecular weight excluding hydrogens is 256 g/mol. The first kappa shape index (κ1) is 13.9. The standard InChI is InChI=1S/C3H4N2.H2O8S2/c1-2-5-3-4-1;1-9(2,3)7-8-10(4,5)6/h1-3H,(H,4,5);(H,1,2,3)(H,4,5,6). The molecule has 0 radical (unpaired) electrons. The molecule has 12 heteroatoms. The van der Waals surface area contributed by atoms with Gasteiger partial charge in [0.05, 0.1) is 6.33 Å². The van der Waals surface area contributed by atoms with Gasteiger partial charge >= 0.3 is 20.8 Å². The van der Waals surface area contributed by atoms with Gasteiger partial charge in [0.15, 0.2) is 0 Å². The zero-order valence-corrected chi connectivity index (χ0v) is 8.47. The molecule has 0 aromatic carbocycles. The van der Waals surface area contributed by atoms with Gasteiger partial charge < -0.3 is 4.98 Å². The number of rotatable bonds is 3. The zero-order valence-electron chi connectivity index (χ0n) is 6.84. The van der Waals surface area contributed by atoms with Gasteiger partial charge in [-0.25, -0.2) is 4.98 Å². The molecular formula is C3H6N2O8S2. The molecule has 0 unspecified atom stereocenters. The van der Waals surface area contributed by atoms with E-state index < -0.39 is 20.8 Å². The van der Waals surface area contributed by atoms with E-state index in [1.807, 2.05) is 0 Å². The second-order valence-corrected chi connectivity index (χ2v) is 3.74. The van der Waals surface area contributed by atoms with Crippen molar-refractivity contribution in [2.75, 3.05) is 0 Å². The highest BCUT2D eigenvalue weighted by Gasteiger charge is 2.13. The summed E-state index contributed by atoms with van der Waals surface area (Å²) in [4.78, 5) is 6.42. The Morgan fingerprint density at radius 1 is 1.07 bits per heavy atom. The fourth-order valence-electron chi connectivity index (χ4n) is 0.285.